The van der Waals surface area contributed by atoms with Gasteiger partial charge in [0.05, 0.1) is 0 Å². The lowest BCUT2D eigenvalue weighted by molar-refractivity contribution is 0.955. The molecule has 1 aromatic carbocycles. The Labute approximate surface area is 113 Å². The van der Waals surface area contributed by atoms with Gasteiger partial charge in [-0.05, 0) is 17.4 Å². The summed E-state index contributed by atoms with van der Waals surface area (Å²) >= 11 is 5.00. The van der Waals surface area contributed by atoms with E-state index in [9.17, 15) is 0 Å². The molecule has 1 aromatic heterocycles. The van der Waals surface area contributed by atoms with Crippen molar-refractivity contribution in [1.29, 1.82) is 0 Å². The molecule has 0 spiro atoms. The van der Waals surface area contributed by atoms with Crippen molar-refractivity contribution in [3.8, 4) is 0 Å². The Bertz CT molecular complexity index is 467. The van der Waals surface area contributed by atoms with Gasteiger partial charge in [-0.15, -0.1) is 10.2 Å². The summed E-state index contributed by atoms with van der Waals surface area (Å²) in [4.78, 5) is 0. The summed E-state index contributed by atoms with van der Waals surface area (Å²) in [7, 11) is 0. The fraction of sp³-hybridized carbons (Fsp3) is 0.273. The molecule has 0 saturated carbocycles. The van der Waals surface area contributed by atoms with E-state index in [1.807, 2.05) is 6.26 Å². The zero-order valence-electron chi connectivity index (χ0n) is 9.42. The molecule has 6 heteroatoms. The van der Waals surface area contributed by atoms with Gasteiger partial charge in [0.1, 0.15) is 0 Å². The number of nitrogens with zero attached hydrogens (tertiary/aromatic N) is 2. The number of hydrogen-bond acceptors (Lipinski definition) is 6. The minimum Gasteiger partial charge on any atom is -0.326 e. The maximum Gasteiger partial charge on any atom is 0.175 e. The Morgan fingerprint density at radius 1 is 1.12 bits per heavy atom. The van der Waals surface area contributed by atoms with Crippen molar-refractivity contribution in [2.45, 2.75) is 21.0 Å². The highest BCUT2D eigenvalue weighted by Gasteiger charge is 2.03. The number of hydrogen-bond donors (Lipinski definition) is 1. The summed E-state index contributed by atoms with van der Waals surface area (Å²) in [5.41, 5.74) is 8.01. The van der Waals surface area contributed by atoms with Crippen LogP contribution in [0.25, 0.3) is 0 Å². The third-order valence-electron chi connectivity index (χ3n) is 2.18. The lowest BCUT2D eigenvalue weighted by Crippen LogP contribution is -1.95. The van der Waals surface area contributed by atoms with Gasteiger partial charge < -0.3 is 5.73 Å². The zero-order valence-corrected chi connectivity index (χ0v) is 11.9. The molecule has 0 amide bonds. The number of benzene rings is 1. The Balaban J connectivity index is 1.92. The SMILES string of the molecule is CSc1nnc(SCc2ccc(CN)cc2)s1. The van der Waals surface area contributed by atoms with Crippen molar-refractivity contribution in [3.63, 3.8) is 0 Å². The average Bonchev–Trinajstić information content (AvgIpc) is 2.85. The van der Waals surface area contributed by atoms with Crippen molar-refractivity contribution in [2.75, 3.05) is 6.26 Å². The average molecular weight is 283 g/mol. The van der Waals surface area contributed by atoms with Gasteiger partial charge in [0.25, 0.3) is 0 Å². The zero-order chi connectivity index (χ0) is 12.1. The van der Waals surface area contributed by atoms with Crippen LogP contribution in [0.2, 0.25) is 0 Å². The minimum atomic E-state index is 0.598. The number of aromatic nitrogens is 2. The Hall–Kier alpha value is -0.560. The van der Waals surface area contributed by atoms with Crippen LogP contribution in [0.5, 0.6) is 0 Å². The van der Waals surface area contributed by atoms with Crippen molar-refractivity contribution in [2.24, 2.45) is 5.73 Å². The highest BCUT2D eigenvalue weighted by Crippen LogP contribution is 2.29. The maximum absolute atomic E-state index is 5.56. The molecule has 0 radical (unpaired) electrons. The maximum atomic E-state index is 5.56. The monoisotopic (exact) mass is 283 g/mol. The summed E-state index contributed by atoms with van der Waals surface area (Å²) in [5, 5.41) is 8.19. The van der Waals surface area contributed by atoms with Gasteiger partial charge in [0.2, 0.25) is 0 Å². The predicted molar refractivity (Wildman–Crippen MR) is 75.6 cm³/mol. The molecule has 0 fully saturated rings. The van der Waals surface area contributed by atoms with E-state index in [1.54, 1.807) is 34.9 Å². The molecule has 0 unspecified atom stereocenters. The van der Waals surface area contributed by atoms with E-state index in [-0.39, 0.29) is 0 Å². The van der Waals surface area contributed by atoms with Gasteiger partial charge in [-0.2, -0.15) is 0 Å². The highest BCUT2D eigenvalue weighted by molar-refractivity contribution is 8.02. The van der Waals surface area contributed by atoms with Crippen molar-refractivity contribution in [3.05, 3.63) is 35.4 Å². The molecule has 1 heterocycles. The molecule has 2 aromatic rings. The summed E-state index contributed by atoms with van der Waals surface area (Å²) in [6.45, 7) is 0.598. The number of rotatable bonds is 5. The van der Waals surface area contributed by atoms with Crippen LogP contribution in [0.15, 0.2) is 32.9 Å². The number of thioether (sulfide) groups is 2. The molecule has 0 aliphatic rings. The van der Waals surface area contributed by atoms with Gasteiger partial charge in [0.15, 0.2) is 8.68 Å². The van der Waals surface area contributed by atoms with Gasteiger partial charge in [0, 0.05) is 12.3 Å². The first-order valence-corrected chi connectivity index (χ1v) is 8.12. The van der Waals surface area contributed by atoms with E-state index in [0.717, 1.165) is 14.4 Å². The Morgan fingerprint density at radius 3 is 2.35 bits per heavy atom. The van der Waals surface area contributed by atoms with E-state index >= 15 is 0 Å². The molecule has 2 rings (SSSR count). The van der Waals surface area contributed by atoms with E-state index in [2.05, 4.69) is 34.5 Å². The van der Waals surface area contributed by atoms with E-state index in [1.165, 1.54) is 11.1 Å². The second kappa shape index (κ2) is 6.39. The summed E-state index contributed by atoms with van der Waals surface area (Å²) in [6, 6.07) is 8.38. The third-order valence-corrected chi connectivity index (χ3v) is 5.29. The highest BCUT2D eigenvalue weighted by atomic mass is 32.2. The predicted octanol–water partition coefficient (Wildman–Crippen LogP) is 3.01. The molecule has 0 saturated heterocycles. The van der Waals surface area contributed by atoms with Gasteiger partial charge in [-0.1, -0.05) is 59.1 Å². The third kappa shape index (κ3) is 3.70. The van der Waals surface area contributed by atoms with E-state index < -0.39 is 0 Å². The second-order valence-corrected chi connectivity index (χ2v) is 6.60. The van der Waals surface area contributed by atoms with Crippen molar-refractivity contribution in [1.82, 2.24) is 10.2 Å². The van der Waals surface area contributed by atoms with Crippen molar-refractivity contribution >= 4 is 34.9 Å². The first kappa shape index (κ1) is 12.9. The van der Waals surface area contributed by atoms with E-state index in [4.69, 9.17) is 5.73 Å². The normalized spacial score (nSPS) is 10.7. The summed E-state index contributed by atoms with van der Waals surface area (Å²) < 4.78 is 2.04. The molecule has 0 aliphatic carbocycles. The molecule has 0 atom stereocenters. The fourth-order valence-corrected chi connectivity index (χ4v) is 3.65. The van der Waals surface area contributed by atoms with Crippen LogP contribution in [0.1, 0.15) is 11.1 Å². The first-order chi connectivity index (χ1) is 8.31. The largest absolute Gasteiger partial charge is 0.326 e. The van der Waals surface area contributed by atoms with Crippen LogP contribution in [-0.4, -0.2) is 16.5 Å². The van der Waals surface area contributed by atoms with Crippen LogP contribution in [0.4, 0.5) is 0 Å². The second-order valence-electron chi connectivity index (χ2n) is 3.35. The minimum absolute atomic E-state index is 0.598. The Morgan fingerprint density at radius 2 is 1.76 bits per heavy atom. The molecule has 90 valence electrons. The quantitative estimate of drug-likeness (QED) is 0.855. The van der Waals surface area contributed by atoms with Crippen LogP contribution in [0, 0.1) is 0 Å². The first-order valence-electron chi connectivity index (χ1n) is 5.10. The Kier molecular flexibility index (Phi) is 4.85. The van der Waals surface area contributed by atoms with Crippen LogP contribution in [0.3, 0.4) is 0 Å². The van der Waals surface area contributed by atoms with Crippen LogP contribution < -0.4 is 5.73 Å². The lowest BCUT2D eigenvalue weighted by Gasteiger charge is -2.00. The molecular formula is C11H13N3S3. The van der Waals surface area contributed by atoms with E-state index in [0.29, 0.717) is 6.54 Å². The molecular weight excluding hydrogens is 270 g/mol. The summed E-state index contributed by atoms with van der Waals surface area (Å²) in [6.07, 6.45) is 2.01. The molecule has 0 bridgehead atoms. The molecule has 0 aliphatic heterocycles. The van der Waals surface area contributed by atoms with Crippen LogP contribution in [-0.2, 0) is 12.3 Å². The van der Waals surface area contributed by atoms with Gasteiger partial charge in [-0.25, -0.2) is 0 Å². The van der Waals surface area contributed by atoms with Crippen LogP contribution >= 0.6 is 34.9 Å². The standard InChI is InChI=1S/C11H13N3S3/c1-15-10-13-14-11(17-10)16-7-9-4-2-8(6-12)3-5-9/h2-5H,6-7,12H2,1H3. The fourth-order valence-electron chi connectivity index (χ4n) is 1.25. The van der Waals surface area contributed by atoms with Gasteiger partial charge in [-0.3, -0.25) is 0 Å². The van der Waals surface area contributed by atoms with Gasteiger partial charge >= 0.3 is 0 Å². The molecule has 17 heavy (non-hydrogen) atoms. The number of nitrogens with two attached hydrogens (primary N) is 1. The topological polar surface area (TPSA) is 51.8 Å². The molecule has 3 nitrogen and oxygen atoms in total. The lowest BCUT2D eigenvalue weighted by atomic mass is 10.1. The molecule has 2 N–H and O–H groups in total. The summed E-state index contributed by atoms with van der Waals surface area (Å²) in [5.74, 6) is 0.924. The van der Waals surface area contributed by atoms with Crippen molar-refractivity contribution < 1.29 is 0 Å². The smallest absolute Gasteiger partial charge is 0.175 e.